The lowest BCUT2D eigenvalue weighted by molar-refractivity contribution is -0.119. The molecule has 0 heterocycles. The third kappa shape index (κ3) is 1.67. The van der Waals surface area contributed by atoms with E-state index in [9.17, 15) is 9.90 Å². The van der Waals surface area contributed by atoms with Crippen molar-refractivity contribution >= 4 is 5.78 Å². The van der Waals surface area contributed by atoms with E-state index in [1.165, 1.54) is 20.1 Å². The van der Waals surface area contributed by atoms with Crippen molar-refractivity contribution in [2.45, 2.75) is 13.3 Å². The van der Waals surface area contributed by atoms with Crippen molar-refractivity contribution in [2.24, 2.45) is 5.92 Å². The maximum atomic E-state index is 11.0. The van der Waals surface area contributed by atoms with E-state index < -0.39 is 0 Å². The molecular formula is C9H12O3. The van der Waals surface area contributed by atoms with E-state index in [-0.39, 0.29) is 17.5 Å². The van der Waals surface area contributed by atoms with E-state index in [1.54, 1.807) is 6.08 Å². The van der Waals surface area contributed by atoms with E-state index in [1.807, 2.05) is 0 Å². The van der Waals surface area contributed by atoms with Crippen molar-refractivity contribution in [3.05, 3.63) is 23.7 Å². The lowest BCUT2D eigenvalue weighted by Gasteiger charge is -2.16. The molecule has 0 fully saturated rings. The van der Waals surface area contributed by atoms with Gasteiger partial charge in [0.05, 0.1) is 7.11 Å². The van der Waals surface area contributed by atoms with Crippen LogP contribution in [-0.2, 0) is 9.53 Å². The molecule has 1 rings (SSSR count). The third-order valence-corrected chi connectivity index (χ3v) is 1.95. The Bertz CT molecular complexity index is 250. The summed E-state index contributed by atoms with van der Waals surface area (Å²) in [5.74, 6) is 0.553. The van der Waals surface area contributed by atoms with Gasteiger partial charge in [0.25, 0.3) is 0 Å². The summed E-state index contributed by atoms with van der Waals surface area (Å²) >= 11 is 0. The van der Waals surface area contributed by atoms with Gasteiger partial charge in [-0.05, 0) is 13.0 Å². The molecule has 0 aliphatic heterocycles. The van der Waals surface area contributed by atoms with Gasteiger partial charge in [0.15, 0.2) is 5.76 Å². The van der Waals surface area contributed by atoms with Crippen LogP contribution in [0.15, 0.2) is 23.7 Å². The fraction of sp³-hybridized carbons (Fsp3) is 0.444. The van der Waals surface area contributed by atoms with Crippen molar-refractivity contribution in [3.63, 3.8) is 0 Å². The van der Waals surface area contributed by atoms with Gasteiger partial charge in [0.1, 0.15) is 11.5 Å². The first-order chi connectivity index (χ1) is 5.65. The normalized spacial score (nSPS) is 22.7. The lowest BCUT2D eigenvalue weighted by Crippen LogP contribution is -2.13. The molecule has 0 saturated carbocycles. The summed E-state index contributed by atoms with van der Waals surface area (Å²) in [6.45, 7) is 1.53. The molecule has 0 saturated heterocycles. The topological polar surface area (TPSA) is 46.5 Å². The smallest absolute Gasteiger partial charge is 0.152 e. The predicted molar refractivity (Wildman–Crippen MR) is 44.6 cm³/mol. The first kappa shape index (κ1) is 8.84. The molecule has 0 aromatic carbocycles. The number of allylic oxidation sites excluding steroid dienone is 3. The summed E-state index contributed by atoms with van der Waals surface area (Å²) in [5.41, 5.74) is 0. The molecule has 0 bridgehead atoms. The predicted octanol–water partition coefficient (Wildman–Crippen LogP) is 1.57. The Hall–Kier alpha value is -1.25. The zero-order chi connectivity index (χ0) is 9.14. The highest BCUT2D eigenvalue weighted by molar-refractivity contribution is 5.80. The first-order valence-corrected chi connectivity index (χ1v) is 3.80. The Morgan fingerprint density at radius 1 is 1.75 bits per heavy atom. The summed E-state index contributed by atoms with van der Waals surface area (Å²) in [4.78, 5) is 11.0. The molecule has 1 aliphatic rings. The van der Waals surface area contributed by atoms with Crippen LogP contribution < -0.4 is 0 Å². The Morgan fingerprint density at radius 3 is 2.92 bits per heavy atom. The maximum absolute atomic E-state index is 11.0. The average molecular weight is 168 g/mol. The van der Waals surface area contributed by atoms with Crippen molar-refractivity contribution in [1.82, 2.24) is 0 Å². The Kier molecular flexibility index (Phi) is 2.53. The minimum Gasteiger partial charge on any atom is -0.504 e. The second-order valence-electron chi connectivity index (χ2n) is 2.79. The highest BCUT2D eigenvalue weighted by Gasteiger charge is 2.19. The summed E-state index contributed by atoms with van der Waals surface area (Å²) in [7, 11) is 1.49. The zero-order valence-corrected chi connectivity index (χ0v) is 7.20. The van der Waals surface area contributed by atoms with Crippen LogP contribution in [0.3, 0.4) is 0 Å². The molecular weight excluding hydrogens is 156 g/mol. The molecule has 0 unspecified atom stereocenters. The minimum atomic E-state index is -0.143. The van der Waals surface area contributed by atoms with Gasteiger partial charge in [-0.25, -0.2) is 0 Å². The van der Waals surface area contributed by atoms with E-state index in [0.29, 0.717) is 12.2 Å². The monoisotopic (exact) mass is 168 g/mol. The fourth-order valence-corrected chi connectivity index (χ4v) is 1.14. The van der Waals surface area contributed by atoms with Crippen molar-refractivity contribution in [2.75, 3.05) is 7.11 Å². The molecule has 3 nitrogen and oxygen atoms in total. The van der Waals surface area contributed by atoms with E-state index in [2.05, 4.69) is 0 Å². The Labute approximate surface area is 71.3 Å². The van der Waals surface area contributed by atoms with Crippen LogP contribution in [0.2, 0.25) is 0 Å². The number of ketones is 1. The maximum Gasteiger partial charge on any atom is 0.152 e. The van der Waals surface area contributed by atoms with Gasteiger partial charge in [-0.2, -0.15) is 0 Å². The first-order valence-electron chi connectivity index (χ1n) is 3.80. The number of carbonyl (C=O) groups is 1. The molecule has 1 aliphatic carbocycles. The molecule has 1 atom stereocenters. The van der Waals surface area contributed by atoms with Crippen LogP contribution >= 0.6 is 0 Å². The molecule has 0 radical (unpaired) electrons. The number of hydrogen-bond acceptors (Lipinski definition) is 3. The largest absolute Gasteiger partial charge is 0.504 e. The summed E-state index contributed by atoms with van der Waals surface area (Å²) < 4.78 is 4.91. The van der Waals surface area contributed by atoms with E-state index in [4.69, 9.17) is 4.74 Å². The molecule has 0 amide bonds. The SMILES string of the molecule is COC1=C(O)C=C[C@H](C(C)=O)C1. The fourth-order valence-electron chi connectivity index (χ4n) is 1.14. The molecule has 12 heavy (non-hydrogen) atoms. The van der Waals surface area contributed by atoms with Crippen molar-refractivity contribution < 1.29 is 14.6 Å². The third-order valence-electron chi connectivity index (χ3n) is 1.95. The Morgan fingerprint density at radius 2 is 2.42 bits per heavy atom. The summed E-state index contributed by atoms with van der Waals surface area (Å²) in [6.07, 6.45) is 3.67. The van der Waals surface area contributed by atoms with E-state index in [0.717, 1.165) is 0 Å². The van der Waals surface area contributed by atoms with Crippen LogP contribution in [-0.4, -0.2) is 18.0 Å². The number of methoxy groups -OCH3 is 1. The highest BCUT2D eigenvalue weighted by Crippen LogP contribution is 2.23. The number of ether oxygens (including phenoxy) is 1. The van der Waals surface area contributed by atoms with Gasteiger partial charge >= 0.3 is 0 Å². The van der Waals surface area contributed by atoms with Gasteiger partial charge in [-0.1, -0.05) is 6.08 Å². The molecule has 66 valence electrons. The number of rotatable bonds is 2. The molecule has 1 N–H and O–H groups in total. The van der Waals surface area contributed by atoms with Gasteiger partial charge < -0.3 is 9.84 Å². The average Bonchev–Trinajstić information content (AvgIpc) is 2.05. The highest BCUT2D eigenvalue weighted by atomic mass is 16.5. The van der Waals surface area contributed by atoms with Crippen LogP contribution in [0.4, 0.5) is 0 Å². The molecule has 0 aromatic rings. The number of aliphatic hydroxyl groups excluding tert-OH is 1. The standard InChI is InChI=1S/C9H12O3/c1-6(10)7-3-4-8(11)9(5-7)12-2/h3-4,7,11H,5H2,1-2H3/t7-/m0/s1. The van der Waals surface area contributed by atoms with Gasteiger partial charge in [-0.15, -0.1) is 0 Å². The van der Waals surface area contributed by atoms with Gasteiger partial charge in [0, 0.05) is 12.3 Å². The van der Waals surface area contributed by atoms with Gasteiger partial charge in [0.2, 0.25) is 0 Å². The zero-order valence-electron chi connectivity index (χ0n) is 7.20. The lowest BCUT2D eigenvalue weighted by atomic mass is 9.95. The number of carbonyl (C=O) groups excluding carboxylic acids is 1. The van der Waals surface area contributed by atoms with E-state index >= 15 is 0 Å². The second kappa shape index (κ2) is 3.43. The van der Waals surface area contributed by atoms with Crippen LogP contribution in [0.25, 0.3) is 0 Å². The van der Waals surface area contributed by atoms with Crippen molar-refractivity contribution in [3.8, 4) is 0 Å². The van der Waals surface area contributed by atoms with Gasteiger partial charge in [-0.3, -0.25) is 4.79 Å². The molecule has 0 aromatic heterocycles. The number of hydrogen-bond donors (Lipinski definition) is 1. The summed E-state index contributed by atoms with van der Waals surface area (Å²) in [5, 5.41) is 9.23. The number of aliphatic hydroxyl groups is 1. The summed E-state index contributed by atoms with van der Waals surface area (Å²) in [6, 6.07) is 0. The van der Waals surface area contributed by atoms with Crippen LogP contribution in [0.1, 0.15) is 13.3 Å². The second-order valence-corrected chi connectivity index (χ2v) is 2.79. The molecule has 3 heteroatoms. The number of Topliss-reactive ketones (excluding diaryl/α,β-unsaturated/α-hetero) is 1. The van der Waals surface area contributed by atoms with Crippen molar-refractivity contribution in [1.29, 1.82) is 0 Å². The van der Waals surface area contributed by atoms with Crippen LogP contribution in [0.5, 0.6) is 0 Å². The molecule has 0 spiro atoms. The minimum absolute atomic E-state index is 0.0910. The Balaban J connectivity index is 2.76. The quantitative estimate of drug-likeness (QED) is 0.680. The van der Waals surface area contributed by atoms with Crippen LogP contribution in [0, 0.1) is 5.92 Å².